The molecule has 0 unspecified atom stereocenters. The van der Waals surface area contributed by atoms with Crippen molar-refractivity contribution in [1.29, 1.82) is 0 Å². The number of rotatable bonds is 4. The summed E-state index contributed by atoms with van der Waals surface area (Å²) in [5.74, 6) is 1.81. The highest BCUT2D eigenvalue weighted by Gasteiger charge is 2.43. The molecule has 1 atom stereocenters. The Labute approximate surface area is 164 Å². The molecule has 2 aliphatic heterocycles. The van der Waals surface area contributed by atoms with Gasteiger partial charge < -0.3 is 19.4 Å². The van der Waals surface area contributed by atoms with E-state index in [-0.39, 0.29) is 11.6 Å². The van der Waals surface area contributed by atoms with Gasteiger partial charge in [0.05, 0.1) is 12.5 Å². The Balaban J connectivity index is 1.33. The first-order chi connectivity index (χ1) is 13.8. The zero-order valence-electron chi connectivity index (χ0n) is 15.8. The minimum absolute atomic E-state index is 0.145. The number of furan rings is 1. The first-order valence-corrected chi connectivity index (χ1v) is 9.86. The summed E-state index contributed by atoms with van der Waals surface area (Å²) in [5.41, 5.74) is 2.26. The van der Waals surface area contributed by atoms with Crippen molar-refractivity contribution < 1.29 is 9.15 Å². The molecule has 0 aliphatic carbocycles. The van der Waals surface area contributed by atoms with Crippen LogP contribution in [0.4, 0.5) is 5.95 Å². The lowest BCUT2D eigenvalue weighted by molar-refractivity contribution is 0.00782. The molecule has 4 heterocycles. The molecule has 1 saturated heterocycles. The molecule has 6 heteroatoms. The summed E-state index contributed by atoms with van der Waals surface area (Å²) in [6, 6.07) is 12.5. The van der Waals surface area contributed by atoms with Gasteiger partial charge in [-0.05, 0) is 18.2 Å². The highest BCUT2D eigenvalue weighted by Crippen LogP contribution is 2.44. The minimum atomic E-state index is -0.145. The molecule has 1 spiro atoms. The fourth-order valence-electron chi connectivity index (χ4n) is 4.31. The van der Waals surface area contributed by atoms with E-state index in [1.54, 1.807) is 24.9 Å². The van der Waals surface area contributed by atoms with Crippen LogP contribution < -0.4 is 15.0 Å². The number of hydrogen-bond donors (Lipinski definition) is 1. The summed E-state index contributed by atoms with van der Waals surface area (Å²) in [7, 11) is 0. The monoisotopic (exact) mass is 376 g/mol. The van der Waals surface area contributed by atoms with Crippen LogP contribution >= 0.6 is 0 Å². The molecule has 144 valence electrons. The number of hydrogen-bond acceptors (Lipinski definition) is 6. The summed E-state index contributed by atoms with van der Waals surface area (Å²) >= 11 is 0. The maximum absolute atomic E-state index is 6.59. The molecule has 28 heavy (non-hydrogen) atoms. The zero-order valence-corrected chi connectivity index (χ0v) is 15.8. The predicted molar refractivity (Wildman–Crippen MR) is 106 cm³/mol. The molecule has 0 radical (unpaired) electrons. The number of ether oxygens (including phenoxy) is 1. The van der Waals surface area contributed by atoms with Crippen molar-refractivity contribution in [3.63, 3.8) is 0 Å². The van der Waals surface area contributed by atoms with Crippen molar-refractivity contribution in [1.82, 2.24) is 15.3 Å². The first-order valence-electron chi connectivity index (χ1n) is 9.86. The van der Waals surface area contributed by atoms with Gasteiger partial charge in [0.15, 0.2) is 0 Å². The van der Waals surface area contributed by atoms with Crippen LogP contribution in [0.15, 0.2) is 65.7 Å². The van der Waals surface area contributed by atoms with Gasteiger partial charge in [0.2, 0.25) is 5.95 Å². The Morgan fingerprint density at radius 1 is 1.07 bits per heavy atom. The van der Waals surface area contributed by atoms with E-state index in [0.29, 0.717) is 0 Å². The number of nitrogens with zero attached hydrogens (tertiary/aromatic N) is 3. The molecule has 0 bridgehead atoms. The summed E-state index contributed by atoms with van der Waals surface area (Å²) in [6.45, 7) is 2.59. The Hall–Kier alpha value is -2.86. The van der Waals surface area contributed by atoms with Crippen molar-refractivity contribution in [2.45, 2.75) is 37.5 Å². The van der Waals surface area contributed by atoms with Crippen molar-refractivity contribution >= 4 is 5.95 Å². The van der Waals surface area contributed by atoms with Crippen LogP contribution in [0.3, 0.4) is 0 Å². The molecule has 1 aromatic carbocycles. The summed E-state index contributed by atoms with van der Waals surface area (Å²) in [4.78, 5) is 11.0. The smallest absolute Gasteiger partial charge is 0.225 e. The van der Waals surface area contributed by atoms with Crippen molar-refractivity contribution in [2.24, 2.45) is 0 Å². The Bertz CT molecular complexity index is 905. The highest BCUT2D eigenvalue weighted by molar-refractivity contribution is 5.40. The van der Waals surface area contributed by atoms with Gasteiger partial charge in [0.25, 0.3) is 0 Å². The second-order valence-electron chi connectivity index (χ2n) is 7.63. The van der Waals surface area contributed by atoms with Crippen molar-refractivity contribution in [3.8, 4) is 5.75 Å². The van der Waals surface area contributed by atoms with Gasteiger partial charge in [-0.25, -0.2) is 9.97 Å². The standard InChI is InChI=1S/C22H24N4O2/c1-2-5-20-18(4-1)19(25-15-17-6-13-27-16-17)14-22(28-20)7-11-26(12-8-22)21-23-9-3-10-24-21/h1-6,9-10,13,16,19,25H,7-8,11-12,14-15H2/t19-/m0/s1. The Morgan fingerprint density at radius 3 is 2.68 bits per heavy atom. The lowest BCUT2D eigenvalue weighted by Crippen LogP contribution is -2.52. The number of anilines is 1. The first kappa shape index (κ1) is 17.3. The third kappa shape index (κ3) is 3.36. The van der Waals surface area contributed by atoms with Crippen molar-refractivity contribution in [3.05, 3.63) is 72.4 Å². The Kier molecular flexibility index (Phi) is 4.49. The van der Waals surface area contributed by atoms with E-state index in [2.05, 4.69) is 44.5 Å². The van der Waals surface area contributed by atoms with Gasteiger partial charge in [-0.3, -0.25) is 0 Å². The number of nitrogens with one attached hydrogen (secondary N) is 1. The van der Waals surface area contributed by atoms with E-state index in [1.165, 1.54) is 5.56 Å². The molecule has 1 N–H and O–H groups in total. The topological polar surface area (TPSA) is 63.4 Å². The number of benzene rings is 1. The molecule has 3 aromatic rings. The third-order valence-electron chi connectivity index (χ3n) is 5.84. The average molecular weight is 376 g/mol. The van der Waals surface area contributed by atoms with Gasteiger partial charge in [-0.2, -0.15) is 0 Å². The average Bonchev–Trinajstić information content (AvgIpc) is 3.27. The van der Waals surface area contributed by atoms with E-state index in [1.807, 2.05) is 12.1 Å². The van der Waals surface area contributed by atoms with Crippen LogP contribution in [0.2, 0.25) is 0 Å². The quantitative estimate of drug-likeness (QED) is 0.749. The van der Waals surface area contributed by atoms with E-state index in [4.69, 9.17) is 9.15 Å². The number of fused-ring (bicyclic) bond motifs is 1. The molecule has 2 aromatic heterocycles. The van der Waals surface area contributed by atoms with Crippen LogP contribution in [-0.2, 0) is 6.54 Å². The molecule has 5 rings (SSSR count). The molecular formula is C22H24N4O2. The van der Waals surface area contributed by atoms with Gasteiger partial charge >= 0.3 is 0 Å². The lowest BCUT2D eigenvalue weighted by atomic mass is 9.80. The predicted octanol–water partition coefficient (Wildman–Crippen LogP) is 3.72. The molecule has 1 fully saturated rings. The second-order valence-corrected chi connectivity index (χ2v) is 7.63. The number of para-hydroxylation sites is 1. The SMILES string of the molecule is c1cnc(N2CCC3(CC2)C[C@H](NCc2ccoc2)c2ccccc2O3)nc1. The van der Waals surface area contributed by atoms with E-state index in [0.717, 1.165) is 56.2 Å². The molecule has 0 amide bonds. The van der Waals surface area contributed by atoms with E-state index >= 15 is 0 Å². The van der Waals surface area contributed by atoms with Crippen LogP contribution in [0, 0.1) is 0 Å². The maximum atomic E-state index is 6.59. The largest absolute Gasteiger partial charge is 0.487 e. The molecule has 0 saturated carbocycles. The number of aromatic nitrogens is 2. The van der Waals surface area contributed by atoms with E-state index in [9.17, 15) is 0 Å². The molecule has 2 aliphatic rings. The second kappa shape index (κ2) is 7.28. The number of piperidine rings is 1. The molecule has 6 nitrogen and oxygen atoms in total. The fourth-order valence-corrected chi connectivity index (χ4v) is 4.31. The summed E-state index contributed by atoms with van der Waals surface area (Å²) < 4.78 is 11.8. The van der Waals surface area contributed by atoms with Crippen molar-refractivity contribution in [2.75, 3.05) is 18.0 Å². The summed E-state index contributed by atoms with van der Waals surface area (Å²) in [6.07, 6.45) is 10.0. The van der Waals surface area contributed by atoms with Crippen LogP contribution in [0.5, 0.6) is 5.75 Å². The van der Waals surface area contributed by atoms with Crippen LogP contribution in [0.25, 0.3) is 0 Å². The van der Waals surface area contributed by atoms with Gasteiger partial charge in [-0.15, -0.1) is 0 Å². The third-order valence-corrected chi connectivity index (χ3v) is 5.84. The fraction of sp³-hybridized carbons (Fsp3) is 0.364. The normalized spacial score (nSPS) is 20.6. The highest BCUT2D eigenvalue weighted by atomic mass is 16.5. The van der Waals surface area contributed by atoms with Crippen LogP contribution in [-0.4, -0.2) is 28.7 Å². The zero-order chi connectivity index (χ0) is 18.8. The van der Waals surface area contributed by atoms with Gasteiger partial charge in [-0.1, -0.05) is 18.2 Å². The minimum Gasteiger partial charge on any atom is -0.487 e. The summed E-state index contributed by atoms with van der Waals surface area (Å²) in [5, 5.41) is 3.72. The maximum Gasteiger partial charge on any atom is 0.225 e. The van der Waals surface area contributed by atoms with Gasteiger partial charge in [0, 0.05) is 68.5 Å². The Morgan fingerprint density at radius 2 is 1.89 bits per heavy atom. The van der Waals surface area contributed by atoms with E-state index < -0.39 is 0 Å². The lowest BCUT2D eigenvalue weighted by Gasteiger charge is -2.47. The van der Waals surface area contributed by atoms with Crippen LogP contribution in [0.1, 0.15) is 36.4 Å². The molecular weight excluding hydrogens is 352 g/mol. The van der Waals surface area contributed by atoms with Gasteiger partial charge in [0.1, 0.15) is 11.4 Å².